The van der Waals surface area contributed by atoms with E-state index in [1.165, 1.54) is 10.4 Å². The lowest BCUT2D eigenvalue weighted by atomic mass is 10.1. The Balaban J connectivity index is 1.82. The highest BCUT2D eigenvalue weighted by molar-refractivity contribution is 7.89. The number of carbonyl (C=O) groups excluding carboxylic acids is 1. The highest BCUT2D eigenvalue weighted by atomic mass is 32.2. The SMILES string of the molecule is CCNc1ccc(S(=O)(=O)N2CCOCC2)cc1NC(=O)Cc1ccc(C)cc1. The molecule has 0 aromatic heterocycles. The Morgan fingerprint density at radius 2 is 1.76 bits per heavy atom. The zero-order valence-electron chi connectivity index (χ0n) is 16.8. The second kappa shape index (κ2) is 9.39. The molecule has 2 aromatic rings. The molecule has 1 aliphatic rings. The van der Waals surface area contributed by atoms with Gasteiger partial charge < -0.3 is 15.4 Å². The number of hydrogen-bond acceptors (Lipinski definition) is 5. The summed E-state index contributed by atoms with van der Waals surface area (Å²) in [5, 5.41) is 6.03. The number of aryl methyl sites for hydroxylation is 1. The maximum atomic E-state index is 13.0. The average Bonchev–Trinajstić information content (AvgIpc) is 2.72. The summed E-state index contributed by atoms with van der Waals surface area (Å²) in [6, 6.07) is 12.5. The topological polar surface area (TPSA) is 87.7 Å². The van der Waals surface area contributed by atoms with Gasteiger partial charge in [-0.15, -0.1) is 0 Å². The number of rotatable bonds is 7. The highest BCUT2D eigenvalue weighted by Gasteiger charge is 2.27. The fraction of sp³-hybridized carbons (Fsp3) is 0.381. The second-order valence-corrected chi connectivity index (χ2v) is 8.90. The van der Waals surface area contributed by atoms with Crippen molar-refractivity contribution in [3.8, 4) is 0 Å². The van der Waals surface area contributed by atoms with Crippen molar-refractivity contribution in [3.63, 3.8) is 0 Å². The summed E-state index contributed by atoms with van der Waals surface area (Å²) in [4.78, 5) is 12.7. The number of nitrogens with one attached hydrogen (secondary N) is 2. The van der Waals surface area contributed by atoms with Crippen LogP contribution >= 0.6 is 0 Å². The van der Waals surface area contributed by atoms with E-state index in [-0.39, 0.29) is 17.2 Å². The normalized spacial score (nSPS) is 15.1. The van der Waals surface area contributed by atoms with Gasteiger partial charge in [0.05, 0.1) is 35.9 Å². The number of ether oxygens (including phenoxy) is 1. The standard InChI is InChI=1S/C21H27N3O4S/c1-3-22-19-9-8-18(29(26,27)24-10-12-28-13-11-24)15-20(19)23-21(25)14-17-6-4-16(2)5-7-17/h4-9,15,22H,3,10-14H2,1-2H3,(H,23,25). The maximum Gasteiger partial charge on any atom is 0.243 e. The quantitative estimate of drug-likeness (QED) is 0.723. The number of benzene rings is 2. The van der Waals surface area contributed by atoms with Crippen LogP contribution in [0.15, 0.2) is 47.4 Å². The van der Waals surface area contributed by atoms with E-state index in [2.05, 4.69) is 10.6 Å². The maximum absolute atomic E-state index is 13.0. The zero-order valence-corrected chi connectivity index (χ0v) is 17.6. The molecule has 1 aliphatic heterocycles. The summed E-state index contributed by atoms with van der Waals surface area (Å²) in [6.45, 7) is 6.00. The Kier molecular flexibility index (Phi) is 6.89. The third kappa shape index (κ3) is 5.35. The van der Waals surface area contributed by atoms with Gasteiger partial charge in [0.25, 0.3) is 0 Å². The smallest absolute Gasteiger partial charge is 0.243 e. The van der Waals surface area contributed by atoms with E-state index in [1.807, 2.05) is 38.1 Å². The molecule has 7 nitrogen and oxygen atoms in total. The predicted molar refractivity (Wildman–Crippen MR) is 114 cm³/mol. The van der Waals surface area contributed by atoms with Crippen molar-refractivity contribution in [2.24, 2.45) is 0 Å². The van der Waals surface area contributed by atoms with E-state index in [4.69, 9.17) is 4.74 Å². The molecule has 0 radical (unpaired) electrons. The molecule has 156 valence electrons. The average molecular weight is 418 g/mol. The van der Waals surface area contributed by atoms with Gasteiger partial charge in [-0.3, -0.25) is 4.79 Å². The van der Waals surface area contributed by atoms with Gasteiger partial charge in [0, 0.05) is 19.6 Å². The molecular formula is C21H27N3O4S. The van der Waals surface area contributed by atoms with Crippen LogP contribution in [0.1, 0.15) is 18.1 Å². The van der Waals surface area contributed by atoms with E-state index in [1.54, 1.807) is 12.1 Å². The van der Waals surface area contributed by atoms with Crippen LogP contribution in [0.3, 0.4) is 0 Å². The number of carbonyl (C=O) groups is 1. The van der Waals surface area contributed by atoms with Crippen LogP contribution in [-0.4, -0.2) is 51.5 Å². The van der Waals surface area contributed by atoms with Gasteiger partial charge >= 0.3 is 0 Å². The Morgan fingerprint density at radius 3 is 2.41 bits per heavy atom. The van der Waals surface area contributed by atoms with Gasteiger partial charge in [0.15, 0.2) is 0 Å². The molecular weight excluding hydrogens is 390 g/mol. The van der Waals surface area contributed by atoms with Gasteiger partial charge in [-0.05, 0) is 37.6 Å². The first-order valence-corrected chi connectivity index (χ1v) is 11.2. The minimum atomic E-state index is -3.64. The molecule has 0 atom stereocenters. The summed E-state index contributed by atoms with van der Waals surface area (Å²) in [5.74, 6) is -0.200. The fourth-order valence-corrected chi connectivity index (χ4v) is 4.59. The van der Waals surface area contributed by atoms with Crippen molar-refractivity contribution in [1.82, 2.24) is 4.31 Å². The molecule has 1 fully saturated rings. The lowest BCUT2D eigenvalue weighted by molar-refractivity contribution is -0.115. The van der Waals surface area contributed by atoms with Gasteiger partial charge in [0.2, 0.25) is 15.9 Å². The zero-order chi connectivity index (χ0) is 20.9. The lowest BCUT2D eigenvalue weighted by Gasteiger charge is -2.26. The Labute approximate surface area is 172 Å². The summed E-state index contributed by atoms with van der Waals surface area (Å²) in [5.41, 5.74) is 3.17. The fourth-order valence-electron chi connectivity index (χ4n) is 3.15. The number of sulfonamides is 1. The lowest BCUT2D eigenvalue weighted by Crippen LogP contribution is -2.40. The molecule has 0 aliphatic carbocycles. The highest BCUT2D eigenvalue weighted by Crippen LogP contribution is 2.28. The largest absolute Gasteiger partial charge is 0.384 e. The van der Waals surface area contributed by atoms with Crippen LogP contribution < -0.4 is 10.6 Å². The Bertz CT molecular complexity index is 952. The van der Waals surface area contributed by atoms with Gasteiger partial charge in [-0.1, -0.05) is 29.8 Å². The minimum Gasteiger partial charge on any atom is -0.384 e. The molecule has 2 aromatic carbocycles. The molecule has 1 amide bonds. The molecule has 0 bridgehead atoms. The number of amides is 1. The van der Waals surface area contributed by atoms with Gasteiger partial charge in [-0.2, -0.15) is 4.31 Å². The van der Waals surface area contributed by atoms with Crippen LogP contribution in [0.25, 0.3) is 0 Å². The van der Waals surface area contributed by atoms with Crippen molar-refractivity contribution in [3.05, 3.63) is 53.6 Å². The summed E-state index contributed by atoms with van der Waals surface area (Å²) >= 11 is 0. The van der Waals surface area contributed by atoms with E-state index < -0.39 is 10.0 Å². The van der Waals surface area contributed by atoms with Crippen LogP contribution in [0.5, 0.6) is 0 Å². The van der Waals surface area contributed by atoms with Gasteiger partial charge in [0.1, 0.15) is 0 Å². The summed E-state index contributed by atoms with van der Waals surface area (Å²) < 4.78 is 32.6. The number of nitrogens with zero attached hydrogens (tertiary/aromatic N) is 1. The molecule has 1 saturated heterocycles. The van der Waals surface area contributed by atoms with E-state index in [0.717, 1.165) is 11.1 Å². The van der Waals surface area contributed by atoms with E-state index >= 15 is 0 Å². The first kappa shape index (κ1) is 21.3. The number of hydrogen-bond donors (Lipinski definition) is 2. The molecule has 8 heteroatoms. The van der Waals surface area contributed by atoms with Gasteiger partial charge in [-0.25, -0.2) is 8.42 Å². The van der Waals surface area contributed by atoms with E-state index in [0.29, 0.717) is 44.2 Å². The Hall–Kier alpha value is -2.42. The van der Waals surface area contributed by atoms with Crippen molar-refractivity contribution >= 4 is 27.3 Å². The van der Waals surface area contributed by atoms with Crippen molar-refractivity contribution in [2.45, 2.75) is 25.2 Å². The molecule has 2 N–H and O–H groups in total. The van der Waals surface area contributed by atoms with Crippen molar-refractivity contribution in [2.75, 3.05) is 43.5 Å². The monoisotopic (exact) mass is 417 g/mol. The number of anilines is 2. The number of morpholine rings is 1. The Morgan fingerprint density at radius 1 is 1.07 bits per heavy atom. The molecule has 0 unspecified atom stereocenters. The van der Waals surface area contributed by atoms with Crippen LogP contribution in [0.4, 0.5) is 11.4 Å². The third-order valence-electron chi connectivity index (χ3n) is 4.73. The molecule has 1 heterocycles. The molecule has 0 saturated carbocycles. The predicted octanol–water partition coefficient (Wildman–Crippen LogP) is 2.63. The van der Waals surface area contributed by atoms with Crippen LogP contribution in [-0.2, 0) is 26.0 Å². The molecule has 29 heavy (non-hydrogen) atoms. The second-order valence-electron chi connectivity index (χ2n) is 6.96. The van der Waals surface area contributed by atoms with Crippen molar-refractivity contribution in [1.29, 1.82) is 0 Å². The van der Waals surface area contributed by atoms with Crippen LogP contribution in [0, 0.1) is 6.92 Å². The first-order valence-electron chi connectivity index (χ1n) is 9.71. The third-order valence-corrected chi connectivity index (χ3v) is 6.62. The first-order chi connectivity index (χ1) is 13.9. The van der Waals surface area contributed by atoms with E-state index in [9.17, 15) is 13.2 Å². The van der Waals surface area contributed by atoms with Crippen molar-refractivity contribution < 1.29 is 17.9 Å². The molecule has 3 rings (SSSR count). The molecule has 0 spiro atoms. The van der Waals surface area contributed by atoms with Crippen LogP contribution in [0.2, 0.25) is 0 Å². The summed E-state index contributed by atoms with van der Waals surface area (Å²) in [7, 11) is -3.64. The summed E-state index contributed by atoms with van der Waals surface area (Å²) in [6.07, 6.45) is 0.215. The minimum absolute atomic E-state index is 0.159.